The maximum Gasteiger partial charge on any atom is 0.311 e. The minimum Gasteiger partial charge on any atom is -0.487 e. The van der Waals surface area contributed by atoms with E-state index in [1.54, 1.807) is 17.9 Å². The Bertz CT molecular complexity index is 574. The number of rotatable bonds is 6. The van der Waals surface area contributed by atoms with Crippen molar-refractivity contribution < 1.29 is 14.5 Å². The Morgan fingerprint density at radius 2 is 2.30 bits per heavy atom. The number of hydrogen-bond acceptors (Lipinski definition) is 5. The van der Waals surface area contributed by atoms with Gasteiger partial charge in [-0.15, -0.1) is 0 Å². The number of carbonyl (C=O) groups is 1. The molecule has 0 radical (unpaired) electrons. The van der Waals surface area contributed by atoms with Gasteiger partial charge >= 0.3 is 5.69 Å². The molecule has 1 fully saturated rings. The quantitative estimate of drug-likeness (QED) is 0.640. The van der Waals surface area contributed by atoms with E-state index in [2.05, 4.69) is 5.32 Å². The highest BCUT2D eigenvalue weighted by Crippen LogP contribution is 2.29. The highest BCUT2D eigenvalue weighted by molar-refractivity contribution is 5.95. The molecular formula is C16H23N3O4. The maximum absolute atomic E-state index is 12.6. The van der Waals surface area contributed by atoms with E-state index in [0.29, 0.717) is 31.2 Å². The molecule has 1 aliphatic heterocycles. The van der Waals surface area contributed by atoms with Gasteiger partial charge in [0.15, 0.2) is 5.75 Å². The average Bonchev–Trinajstić information content (AvgIpc) is 2.55. The fourth-order valence-corrected chi connectivity index (χ4v) is 2.96. The standard InChI is InChI=1S/C16H23N3O4/c1-3-23-15-7-6-13(9-14(15)19(21)22)16(20)18-8-4-5-12(11-18)10-17-2/h6-7,9,12,17H,3-5,8,10-11H2,1-2H3. The van der Waals surface area contributed by atoms with Gasteiger partial charge in [-0.2, -0.15) is 0 Å². The largest absolute Gasteiger partial charge is 0.487 e. The molecule has 0 spiro atoms. The summed E-state index contributed by atoms with van der Waals surface area (Å²) in [5, 5.41) is 14.3. The molecule has 2 rings (SSSR count). The summed E-state index contributed by atoms with van der Waals surface area (Å²) in [4.78, 5) is 25.1. The van der Waals surface area contributed by atoms with Crippen LogP contribution in [-0.2, 0) is 0 Å². The number of likely N-dealkylation sites (tertiary alicyclic amines) is 1. The average molecular weight is 321 g/mol. The third-order valence-corrected chi connectivity index (χ3v) is 4.00. The number of nitrogens with one attached hydrogen (secondary N) is 1. The zero-order valence-electron chi connectivity index (χ0n) is 13.6. The van der Waals surface area contributed by atoms with Gasteiger partial charge in [-0.05, 0) is 51.4 Å². The molecule has 23 heavy (non-hydrogen) atoms. The number of nitro benzene ring substituents is 1. The first-order valence-corrected chi connectivity index (χ1v) is 7.92. The van der Waals surface area contributed by atoms with E-state index in [1.165, 1.54) is 12.1 Å². The van der Waals surface area contributed by atoms with Crippen LogP contribution in [0.2, 0.25) is 0 Å². The van der Waals surface area contributed by atoms with Crippen molar-refractivity contribution in [1.29, 1.82) is 0 Å². The Kier molecular flexibility index (Phi) is 5.92. The van der Waals surface area contributed by atoms with Crippen LogP contribution >= 0.6 is 0 Å². The first kappa shape index (κ1) is 17.2. The number of carbonyl (C=O) groups excluding carboxylic acids is 1. The van der Waals surface area contributed by atoms with Crippen molar-refractivity contribution in [2.45, 2.75) is 19.8 Å². The number of benzene rings is 1. The van der Waals surface area contributed by atoms with Crippen LogP contribution in [0.5, 0.6) is 5.75 Å². The van der Waals surface area contributed by atoms with E-state index in [4.69, 9.17) is 4.74 Å². The first-order chi connectivity index (χ1) is 11.1. The molecule has 0 bridgehead atoms. The van der Waals surface area contributed by atoms with Gasteiger partial charge in [-0.3, -0.25) is 14.9 Å². The van der Waals surface area contributed by atoms with Gasteiger partial charge in [-0.25, -0.2) is 0 Å². The van der Waals surface area contributed by atoms with Crippen LogP contribution in [0.1, 0.15) is 30.1 Å². The second-order valence-corrected chi connectivity index (χ2v) is 5.69. The molecule has 1 atom stereocenters. The van der Waals surface area contributed by atoms with E-state index in [0.717, 1.165) is 19.4 Å². The molecule has 1 amide bonds. The van der Waals surface area contributed by atoms with E-state index < -0.39 is 4.92 Å². The predicted molar refractivity (Wildman–Crippen MR) is 86.8 cm³/mol. The van der Waals surface area contributed by atoms with Crippen LogP contribution < -0.4 is 10.1 Å². The van der Waals surface area contributed by atoms with Gasteiger partial charge in [-0.1, -0.05) is 0 Å². The highest BCUT2D eigenvalue weighted by atomic mass is 16.6. The van der Waals surface area contributed by atoms with Gasteiger partial charge in [0.1, 0.15) is 0 Å². The van der Waals surface area contributed by atoms with Gasteiger partial charge in [0.05, 0.1) is 11.5 Å². The van der Waals surface area contributed by atoms with E-state index in [1.807, 2.05) is 7.05 Å². The number of nitrogens with zero attached hydrogens (tertiary/aromatic N) is 2. The molecule has 0 aliphatic carbocycles. The molecule has 0 saturated carbocycles. The van der Waals surface area contributed by atoms with Crippen LogP contribution in [0.4, 0.5) is 5.69 Å². The lowest BCUT2D eigenvalue weighted by atomic mass is 9.97. The van der Waals surface area contributed by atoms with Crippen LogP contribution in [0.3, 0.4) is 0 Å². The zero-order chi connectivity index (χ0) is 16.8. The van der Waals surface area contributed by atoms with E-state index in [-0.39, 0.29) is 17.3 Å². The lowest BCUT2D eigenvalue weighted by molar-refractivity contribution is -0.385. The fraction of sp³-hybridized carbons (Fsp3) is 0.562. The normalized spacial score (nSPS) is 17.8. The Morgan fingerprint density at radius 3 is 2.96 bits per heavy atom. The topological polar surface area (TPSA) is 84.7 Å². The summed E-state index contributed by atoms with van der Waals surface area (Å²) in [5.41, 5.74) is 0.173. The van der Waals surface area contributed by atoms with Crippen LogP contribution in [-0.4, -0.2) is 49.0 Å². The van der Waals surface area contributed by atoms with Crippen molar-refractivity contribution in [2.75, 3.05) is 33.3 Å². The number of amides is 1. The number of ether oxygens (including phenoxy) is 1. The summed E-state index contributed by atoms with van der Waals surface area (Å²) >= 11 is 0. The molecule has 126 valence electrons. The molecule has 1 heterocycles. The maximum atomic E-state index is 12.6. The summed E-state index contributed by atoms with van der Waals surface area (Å²) in [6.07, 6.45) is 2.05. The predicted octanol–water partition coefficient (Wildman–Crippen LogP) is 2.07. The second kappa shape index (κ2) is 7.92. The summed E-state index contributed by atoms with van der Waals surface area (Å²) in [6, 6.07) is 4.42. The van der Waals surface area contributed by atoms with Crippen LogP contribution in [0.25, 0.3) is 0 Å². The molecule has 7 heteroatoms. The zero-order valence-corrected chi connectivity index (χ0v) is 13.6. The summed E-state index contributed by atoms with van der Waals surface area (Å²) in [5.74, 6) is 0.466. The fourth-order valence-electron chi connectivity index (χ4n) is 2.96. The van der Waals surface area contributed by atoms with Crippen molar-refractivity contribution in [3.63, 3.8) is 0 Å². The molecule has 1 N–H and O–H groups in total. The van der Waals surface area contributed by atoms with Crippen molar-refractivity contribution >= 4 is 11.6 Å². The van der Waals surface area contributed by atoms with E-state index in [9.17, 15) is 14.9 Å². The second-order valence-electron chi connectivity index (χ2n) is 5.69. The molecule has 1 aromatic rings. The molecule has 7 nitrogen and oxygen atoms in total. The Balaban J connectivity index is 2.18. The molecule has 1 aromatic carbocycles. The smallest absolute Gasteiger partial charge is 0.311 e. The van der Waals surface area contributed by atoms with E-state index >= 15 is 0 Å². The van der Waals surface area contributed by atoms with Gasteiger partial charge in [0, 0.05) is 24.7 Å². The highest BCUT2D eigenvalue weighted by Gasteiger charge is 2.26. The van der Waals surface area contributed by atoms with Crippen molar-refractivity contribution in [3.05, 3.63) is 33.9 Å². The van der Waals surface area contributed by atoms with Crippen LogP contribution in [0.15, 0.2) is 18.2 Å². The monoisotopic (exact) mass is 321 g/mol. The third kappa shape index (κ3) is 4.19. The lowest BCUT2D eigenvalue weighted by Gasteiger charge is -2.32. The Hall–Kier alpha value is -2.15. The minimum absolute atomic E-state index is 0.156. The Labute approximate surface area is 135 Å². The van der Waals surface area contributed by atoms with Gasteiger partial charge < -0.3 is 15.0 Å². The summed E-state index contributed by atoms with van der Waals surface area (Å²) in [6.45, 7) is 4.35. The molecule has 1 aliphatic rings. The number of hydrogen-bond donors (Lipinski definition) is 1. The third-order valence-electron chi connectivity index (χ3n) is 4.00. The van der Waals surface area contributed by atoms with Crippen molar-refractivity contribution in [2.24, 2.45) is 5.92 Å². The molecule has 0 aromatic heterocycles. The summed E-state index contributed by atoms with van der Waals surface area (Å²) in [7, 11) is 1.90. The molecular weight excluding hydrogens is 298 g/mol. The lowest BCUT2D eigenvalue weighted by Crippen LogP contribution is -2.42. The van der Waals surface area contributed by atoms with Crippen molar-refractivity contribution in [3.8, 4) is 5.75 Å². The molecule has 1 saturated heterocycles. The van der Waals surface area contributed by atoms with Gasteiger partial charge in [0.2, 0.25) is 0 Å². The number of nitro groups is 1. The van der Waals surface area contributed by atoms with Gasteiger partial charge in [0.25, 0.3) is 5.91 Å². The SMILES string of the molecule is CCOc1ccc(C(=O)N2CCCC(CNC)C2)cc1[N+](=O)[O-]. The molecule has 1 unspecified atom stereocenters. The number of piperidine rings is 1. The minimum atomic E-state index is -0.512. The Morgan fingerprint density at radius 1 is 1.52 bits per heavy atom. The first-order valence-electron chi connectivity index (χ1n) is 7.92. The van der Waals surface area contributed by atoms with Crippen molar-refractivity contribution in [1.82, 2.24) is 10.2 Å². The summed E-state index contributed by atoms with van der Waals surface area (Å²) < 4.78 is 5.25. The van der Waals surface area contributed by atoms with Crippen LogP contribution in [0, 0.1) is 16.0 Å².